The lowest BCUT2D eigenvalue weighted by molar-refractivity contribution is 0.319. The predicted octanol–water partition coefficient (Wildman–Crippen LogP) is 4.47. The van der Waals surface area contributed by atoms with Crippen molar-refractivity contribution in [2.24, 2.45) is 5.16 Å². The Morgan fingerprint density at radius 3 is 2.47 bits per heavy atom. The zero-order valence-corrected chi connectivity index (χ0v) is 10.9. The summed E-state index contributed by atoms with van der Waals surface area (Å²) in [5, 5.41) is 12.1. The van der Waals surface area contributed by atoms with Crippen LogP contribution in [0.15, 0.2) is 47.6 Å². The maximum atomic E-state index is 13.5. The van der Waals surface area contributed by atoms with Crippen LogP contribution in [-0.4, -0.2) is 10.9 Å². The number of nitrogens with zero attached hydrogens (tertiary/aromatic N) is 1. The molecule has 0 spiro atoms. The van der Waals surface area contributed by atoms with E-state index >= 15 is 0 Å². The second kappa shape index (κ2) is 5.71. The van der Waals surface area contributed by atoms with Crippen LogP contribution in [0, 0.1) is 5.82 Å². The summed E-state index contributed by atoms with van der Waals surface area (Å²) in [6, 6.07) is 11.0. The molecule has 0 aliphatic rings. The summed E-state index contributed by atoms with van der Waals surface area (Å²) in [7, 11) is 0. The molecule has 0 heterocycles. The van der Waals surface area contributed by atoms with Crippen LogP contribution < -0.4 is 4.74 Å². The molecule has 19 heavy (non-hydrogen) atoms. The van der Waals surface area contributed by atoms with E-state index in [1.54, 1.807) is 37.3 Å². The standard InChI is InChI=1S/C14H11ClFNO2/c1-9(17-18)10-2-5-12(6-3-10)19-14-7-4-11(15)8-13(14)16/h2-8,18H,1H3/b17-9+. The maximum absolute atomic E-state index is 13.5. The predicted molar refractivity (Wildman–Crippen MR) is 71.9 cm³/mol. The lowest BCUT2D eigenvalue weighted by atomic mass is 10.1. The molecule has 1 N–H and O–H groups in total. The van der Waals surface area contributed by atoms with Crippen molar-refractivity contribution >= 4 is 17.3 Å². The monoisotopic (exact) mass is 279 g/mol. The van der Waals surface area contributed by atoms with Crippen LogP contribution in [-0.2, 0) is 0 Å². The highest BCUT2D eigenvalue weighted by atomic mass is 35.5. The molecule has 0 bridgehead atoms. The van der Waals surface area contributed by atoms with Crippen LogP contribution in [0.25, 0.3) is 0 Å². The third-order valence-electron chi connectivity index (χ3n) is 2.54. The van der Waals surface area contributed by atoms with Crippen LogP contribution in [0.1, 0.15) is 12.5 Å². The first-order valence-electron chi connectivity index (χ1n) is 5.52. The summed E-state index contributed by atoms with van der Waals surface area (Å²) in [6.45, 7) is 1.68. The van der Waals surface area contributed by atoms with Gasteiger partial charge in [0.25, 0.3) is 0 Å². The van der Waals surface area contributed by atoms with Crippen molar-refractivity contribution in [1.29, 1.82) is 0 Å². The molecule has 2 aromatic rings. The largest absolute Gasteiger partial charge is 0.454 e. The molecule has 0 fully saturated rings. The molecule has 5 heteroatoms. The third kappa shape index (κ3) is 3.23. The summed E-state index contributed by atoms with van der Waals surface area (Å²) in [4.78, 5) is 0. The van der Waals surface area contributed by atoms with Crippen LogP contribution in [0.3, 0.4) is 0 Å². The molecule has 0 amide bonds. The van der Waals surface area contributed by atoms with Gasteiger partial charge in [0.1, 0.15) is 5.75 Å². The van der Waals surface area contributed by atoms with Crippen LogP contribution >= 0.6 is 11.6 Å². The first-order valence-corrected chi connectivity index (χ1v) is 5.90. The number of ether oxygens (including phenoxy) is 1. The van der Waals surface area contributed by atoms with Gasteiger partial charge < -0.3 is 9.94 Å². The van der Waals surface area contributed by atoms with Gasteiger partial charge in [-0.05, 0) is 55.0 Å². The summed E-state index contributed by atoms with van der Waals surface area (Å²) < 4.78 is 18.9. The van der Waals surface area contributed by atoms with Crippen molar-refractivity contribution in [2.75, 3.05) is 0 Å². The molecule has 0 aliphatic carbocycles. The van der Waals surface area contributed by atoms with Gasteiger partial charge in [-0.3, -0.25) is 0 Å². The fourth-order valence-corrected chi connectivity index (χ4v) is 1.67. The second-order valence-electron chi connectivity index (χ2n) is 3.89. The first-order chi connectivity index (χ1) is 9.10. The molecule has 0 radical (unpaired) electrons. The Labute approximate surface area is 114 Å². The zero-order valence-electron chi connectivity index (χ0n) is 10.1. The minimum atomic E-state index is -0.523. The Balaban J connectivity index is 2.20. The Bertz CT molecular complexity index is 611. The van der Waals surface area contributed by atoms with E-state index in [-0.39, 0.29) is 5.75 Å². The highest BCUT2D eigenvalue weighted by molar-refractivity contribution is 6.30. The van der Waals surface area contributed by atoms with Crippen molar-refractivity contribution < 1.29 is 14.3 Å². The van der Waals surface area contributed by atoms with E-state index in [1.165, 1.54) is 12.1 Å². The average Bonchev–Trinajstić information content (AvgIpc) is 2.42. The lowest BCUT2D eigenvalue weighted by Gasteiger charge is -2.07. The number of hydrogen-bond acceptors (Lipinski definition) is 3. The maximum Gasteiger partial charge on any atom is 0.167 e. The molecule has 0 unspecified atom stereocenters. The molecule has 98 valence electrons. The van der Waals surface area contributed by atoms with E-state index in [0.29, 0.717) is 16.5 Å². The van der Waals surface area contributed by atoms with Crippen molar-refractivity contribution in [3.8, 4) is 11.5 Å². The SMILES string of the molecule is C/C(=N\O)c1ccc(Oc2ccc(Cl)cc2F)cc1. The van der Waals surface area contributed by atoms with Crippen molar-refractivity contribution in [2.45, 2.75) is 6.92 Å². The Morgan fingerprint density at radius 1 is 1.21 bits per heavy atom. The number of halogens is 2. The minimum Gasteiger partial charge on any atom is -0.454 e. The first kappa shape index (κ1) is 13.4. The fraction of sp³-hybridized carbons (Fsp3) is 0.0714. The van der Waals surface area contributed by atoms with Gasteiger partial charge >= 0.3 is 0 Å². The Morgan fingerprint density at radius 2 is 1.89 bits per heavy atom. The highest BCUT2D eigenvalue weighted by Crippen LogP contribution is 2.26. The van der Waals surface area contributed by atoms with Gasteiger partial charge in [0, 0.05) is 5.02 Å². The Hall–Kier alpha value is -2.07. The lowest BCUT2D eigenvalue weighted by Crippen LogP contribution is -1.94. The molecule has 2 aromatic carbocycles. The average molecular weight is 280 g/mol. The highest BCUT2D eigenvalue weighted by Gasteiger charge is 2.06. The smallest absolute Gasteiger partial charge is 0.167 e. The van der Waals surface area contributed by atoms with Crippen LogP contribution in [0.4, 0.5) is 4.39 Å². The topological polar surface area (TPSA) is 41.8 Å². The summed E-state index contributed by atoms with van der Waals surface area (Å²) >= 11 is 5.66. The van der Waals surface area contributed by atoms with E-state index in [4.69, 9.17) is 21.5 Å². The van der Waals surface area contributed by atoms with Crippen molar-refractivity contribution in [3.05, 3.63) is 58.9 Å². The third-order valence-corrected chi connectivity index (χ3v) is 2.78. The van der Waals surface area contributed by atoms with E-state index in [9.17, 15) is 4.39 Å². The molecule has 3 nitrogen and oxygen atoms in total. The Kier molecular flexibility index (Phi) is 4.02. The van der Waals surface area contributed by atoms with Crippen LogP contribution in [0.2, 0.25) is 5.02 Å². The molecule has 0 saturated heterocycles. The molecule has 0 saturated carbocycles. The van der Waals surface area contributed by atoms with Gasteiger partial charge in [0.15, 0.2) is 11.6 Å². The van der Waals surface area contributed by atoms with Gasteiger partial charge in [-0.1, -0.05) is 16.8 Å². The molecule has 0 aliphatic heterocycles. The van der Waals surface area contributed by atoms with E-state index in [0.717, 1.165) is 5.56 Å². The number of benzene rings is 2. The second-order valence-corrected chi connectivity index (χ2v) is 4.32. The normalized spacial score (nSPS) is 11.4. The minimum absolute atomic E-state index is 0.102. The summed E-state index contributed by atoms with van der Waals surface area (Å²) in [5.74, 6) is 0.0603. The fourth-order valence-electron chi connectivity index (χ4n) is 1.51. The van der Waals surface area contributed by atoms with Gasteiger partial charge in [-0.25, -0.2) is 4.39 Å². The molecule has 0 atom stereocenters. The molecular formula is C14H11ClFNO2. The van der Waals surface area contributed by atoms with Gasteiger partial charge in [-0.2, -0.15) is 0 Å². The van der Waals surface area contributed by atoms with E-state index < -0.39 is 5.82 Å². The van der Waals surface area contributed by atoms with Crippen molar-refractivity contribution in [1.82, 2.24) is 0 Å². The molecule has 0 aromatic heterocycles. The molecular weight excluding hydrogens is 269 g/mol. The zero-order chi connectivity index (χ0) is 13.8. The van der Waals surface area contributed by atoms with Gasteiger partial charge in [0.05, 0.1) is 5.71 Å². The number of oxime groups is 1. The van der Waals surface area contributed by atoms with Crippen molar-refractivity contribution in [3.63, 3.8) is 0 Å². The van der Waals surface area contributed by atoms with Gasteiger partial charge in [-0.15, -0.1) is 0 Å². The summed E-state index contributed by atoms with van der Waals surface area (Å²) in [6.07, 6.45) is 0. The van der Waals surface area contributed by atoms with E-state index in [2.05, 4.69) is 5.16 Å². The molecule has 2 rings (SSSR count). The van der Waals surface area contributed by atoms with Crippen LogP contribution in [0.5, 0.6) is 11.5 Å². The number of hydrogen-bond donors (Lipinski definition) is 1. The van der Waals surface area contributed by atoms with Gasteiger partial charge in [0.2, 0.25) is 0 Å². The number of rotatable bonds is 3. The quantitative estimate of drug-likeness (QED) is 0.512. The summed E-state index contributed by atoms with van der Waals surface area (Å²) in [5.41, 5.74) is 1.25. The van der Waals surface area contributed by atoms with E-state index in [1.807, 2.05) is 0 Å².